The zero-order chi connectivity index (χ0) is 15.5. The number of hydrogen-bond acceptors (Lipinski definition) is 4. The third kappa shape index (κ3) is 2.82. The summed E-state index contributed by atoms with van der Waals surface area (Å²) in [6.45, 7) is 3.22. The van der Waals surface area contributed by atoms with Crippen molar-refractivity contribution >= 4 is 11.7 Å². The van der Waals surface area contributed by atoms with Crippen molar-refractivity contribution in [1.29, 1.82) is 0 Å². The molecule has 2 aromatic rings. The Morgan fingerprint density at radius 2 is 2.32 bits per heavy atom. The van der Waals surface area contributed by atoms with Gasteiger partial charge in [0.2, 0.25) is 5.91 Å². The molecule has 6 heteroatoms. The minimum Gasteiger partial charge on any atom is -0.492 e. The Morgan fingerprint density at radius 1 is 1.50 bits per heavy atom. The molecule has 22 heavy (non-hydrogen) atoms. The molecular formula is C16H20N4O2. The van der Waals surface area contributed by atoms with Gasteiger partial charge in [-0.25, -0.2) is 0 Å². The van der Waals surface area contributed by atoms with E-state index in [0.29, 0.717) is 19.0 Å². The van der Waals surface area contributed by atoms with Crippen LogP contribution in [0, 0.1) is 0 Å². The average Bonchev–Trinajstić information content (AvgIpc) is 2.74. The quantitative estimate of drug-likeness (QED) is 0.904. The van der Waals surface area contributed by atoms with Crippen molar-refractivity contribution < 1.29 is 9.53 Å². The molecule has 0 aliphatic carbocycles. The summed E-state index contributed by atoms with van der Waals surface area (Å²) >= 11 is 0. The van der Waals surface area contributed by atoms with Gasteiger partial charge in [-0.3, -0.25) is 14.8 Å². The van der Waals surface area contributed by atoms with Crippen molar-refractivity contribution in [3.63, 3.8) is 0 Å². The Kier molecular flexibility index (Phi) is 4.11. The number of aryl methyl sites for hydroxylation is 2. The lowest BCUT2D eigenvalue weighted by atomic mass is 10.1. The molecule has 1 aromatic carbocycles. The van der Waals surface area contributed by atoms with E-state index in [4.69, 9.17) is 4.74 Å². The van der Waals surface area contributed by atoms with Crippen molar-refractivity contribution in [1.82, 2.24) is 15.1 Å². The van der Waals surface area contributed by atoms with E-state index in [1.165, 1.54) is 0 Å². The average molecular weight is 300 g/mol. The summed E-state index contributed by atoms with van der Waals surface area (Å²) in [6, 6.07) is 9.07. The number of nitrogens with zero attached hydrogens (tertiary/aromatic N) is 2. The van der Waals surface area contributed by atoms with Gasteiger partial charge >= 0.3 is 0 Å². The van der Waals surface area contributed by atoms with Crippen molar-refractivity contribution in [3.05, 3.63) is 41.6 Å². The molecule has 2 heterocycles. The molecule has 0 bridgehead atoms. The summed E-state index contributed by atoms with van der Waals surface area (Å²) in [6.07, 6.45) is 0.873. The predicted molar refractivity (Wildman–Crippen MR) is 83.9 cm³/mol. The molecule has 3 rings (SSSR count). The van der Waals surface area contributed by atoms with Crippen molar-refractivity contribution in [2.24, 2.45) is 7.05 Å². The van der Waals surface area contributed by atoms with Crippen LogP contribution in [0.1, 0.15) is 24.2 Å². The Balaban J connectivity index is 1.82. The second-order valence-corrected chi connectivity index (χ2v) is 5.26. The Hall–Kier alpha value is -2.34. The standard InChI is InChI=1S/C16H20N4O2/c1-3-11-10-14(19-20(11)2)18-16(21)15-12-6-4-5-7-13(12)22-9-8-17-15/h4-7,10,15,17H,3,8-9H2,1-2H3,(H,18,19,21). The molecule has 1 unspecified atom stereocenters. The van der Waals surface area contributed by atoms with E-state index in [1.807, 2.05) is 37.4 Å². The Bertz CT molecular complexity index is 681. The molecule has 1 aliphatic rings. The monoisotopic (exact) mass is 300 g/mol. The van der Waals surface area contributed by atoms with E-state index < -0.39 is 6.04 Å². The molecule has 0 saturated heterocycles. The van der Waals surface area contributed by atoms with Gasteiger partial charge in [0.25, 0.3) is 0 Å². The number of carbonyl (C=O) groups is 1. The lowest BCUT2D eigenvalue weighted by Crippen LogP contribution is -2.33. The van der Waals surface area contributed by atoms with E-state index in [-0.39, 0.29) is 5.91 Å². The van der Waals surface area contributed by atoms with Gasteiger partial charge in [-0.2, -0.15) is 5.10 Å². The van der Waals surface area contributed by atoms with Crippen LogP contribution in [0.25, 0.3) is 0 Å². The smallest absolute Gasteiger partial charge is 0.247 e. The third-order valence-electron chi connectivity index (χ3n) is 3.79. The lowest BCUT2D eigenvalue weighted by Gasteiger charge is -2.16. The molecule has 1 atom stereocenters. The van der Waals surface area contributed by atoms with Gasteiger partial charge < -0.3 is 10.1 Å². The topological polar surface area (TPSA) is 68.2 Å². The molecule has 6 nitrogen and oxygen atoms in total. The fraction of sp³-hybridized carbons (Fsp3) is 0.375. The maximum atomic E-state index is 12.6. The van der Waals surface area contributed by atoms with Crippen LogP contribution in [0.5, 0.6) is 5.75 Å². The number of para-hydroxylation sites is 1. The molecule has 116 valence electrons. The van der Waals surface area contributed by atoms with Crippen LogP contribution in [-0.2, 0) is 18.3 Å². The summed E-state index contributed by atoms with van der Waals surface area (Å²) in [5.74, 6) is 1.20. The molecule has 0 spiro atoms. The number of carbonyl (C=O) groups excluding carboxylic acids is 1. The summed E-state index contributed by atoms with van der Waals surface area (Å²) in [5, 5.41) is 10.4. The summed E-state index contributed by atoms with van der Waals surface area (Å²) in [7, 11) is 1.88. The van der Waals surface area contributed by atoms with Crippen LogP contribution in [-0.4, -0.2) is 28.8 Å². The lowest BCUT2D eigenvalue weighted by molar-refractivity contribution is -0.118. The highest BCUT2D eigenvalue weighted by atomic mass is 16.5. The number of anilines is 1. The Morgan fingerprint density at radius 3 is 3.09 bits per heavy atom. The van der Waals surface area contributed by atoms with E-state index in [9.17, 15) is 4.79 Å². The van der Waals surface area contributed by atoms with Gasteiger partial charge in [0.15, 0.2) is 5.82 Å². The fourth-order valence-electron chi connectivity index (χ4n) is 2.65. The van der Waals surface area contributed by atoms with Crippen molar-refractivity contribution in [2.45, 2.75) is 19.4 Å². The van der Waals surface area contributed by atoms with E-state index in [2.05, 4.69) is 22.7 Å². The van der Waals surface area contributed by atoms with Crippen LogP contribution >= 0.6 is 0 Å². The number of rotatable bonds is 3. The number of ether oxygens (including phenoxy) is 1. The van der Waals surface area contributed by atoms with Crippen molar-refractivity contribution in [3.8, 4) is 5.75 Å². The summed E-state index contributed by atoms with van der Waals surface area (Å²) < 4.78 is 7.44. The molecule has 0 radical (unpaired) electrons. The third-order valence-corrected chi connectivity index (χ3v) is 3.79. The number of fused-ring (bicyclic) bond motifs is 1. The zero-order valence-electron chi connectivity index (χ0n) is 12.8. The largest absolute Gasteiger partial charge is 0.492 e. The highest BCUT2D eigenvalue weighted by molar-refractivity contribution is 5.95. The first kappa shape index (κ1) is 14.6. The molecular weight excluding hydrogens is 280 g/mol. The van der Waals surface area contributed by atoms with E-state index in [0.717, 1.165) is 23.4 Å². The summed E-state index contributed by atoms with van der Waals surface area (Å²) in [5.41, 5.74) is 1.93. The maximum Gasteiger partial charge on any atom is 0.247 e. The normalized spacial score (nSPS) is 17.3. The molecule has 0 fully saturated rings. The number of aromatic nitrogens is 2. The fourth-order valence-corrected chi connectivity index (χ4v) is 2.65. The molecule has 1 amide bonds. The van der Waals surface area contributed by atoms with Crippen LogP contribution in [0.2, 0.25) is 0 Å². The molecule has 1 aliphatic heterocycles. The first-order chi connectivity index (χ1) is 10.7. The van der Waals surface area contributed by atoms with Gasteiger partial charge in [-0.05, 0) is 12.5 Å². The summed E-state index contributed by atoms with van der Waals surface area (Å²) in [4.78, 5) is 12.6. The van der Waals surface area contributed by atoms with Crippen LogP contribution in [0.4, 0.5) is 5.82 Å². The second kappa shape index (κ2) is 6.19. The number of hydrogen-bond donors (Lipinski definition) is 2. The van der Waals surface area contributed by atoms with Crippen molar-refractivity contribution in [2.75, 3.05) is 18.5 Å². The van der Waals surface area contributed by atoms with Gasteiger partial charge in [0, 0.05) is 30.9 Å². The minimum absolute atomic E-state index is 0.126. The van der Waals surface area contributed by atoms with Crippen LogP contribution in [0.3, 0.4) is 0 Å². The van der Waals surface area contributed by atoms with Gasteiger partial charge in [0.05, 0.1) is 0 Å². The van der Waals surface area contributed by atoms with Gasteiger partial charge in [-0.1, -0.05) is 25.1 Å². The SMILES string of the molecule is CCc1cc(NC(=O)C2NCCOc3ccccc32)nn1C. The predicted octanol–water partition coefficient (Wildman–Crippen LogP) is 1.64. The zero-order valence-corrected chi connectivity index (χ0v) is 12.8. The van der Waals surface area contributed by atoms with Gasteiger partial charge in [0.1, 0.15) is 18.4 Å². The van der Waals surface area contributed by atoms with E-state index in [1.54, 1.807) is 4.68 Å². The number of nitrogens with one attached hydrogen (secondary N) is 2. The number of benzene rings is 1. The Labute approximate surface area is 129 Å². The second-order valence-electron chi connectivity index (χ2n) is 5.26. The van der Waals surface area contributed by atoms with Crippen LogP contribution < -0.4 is 15.4 Å². The van der Waals surface area contributed by atoms with E-state index >= 15 is 0 Å². The molecule has 1 aromatic heterocycles. The van der Waals surface area contributed by atoms with Crippen LogP contribution in [0.15, 0.2) is 30.3 Å². The first-order valence-corrected chi connectivity index (χ1v) is 7.48. The highest BCUT2D eigenvalue weighted by Crippen LogP contribution is 2.27. The minimum atomic E-state index is -0.439. The van der Waals surface area contributed by atoms with Gasteiger partial charge in [-0.15, -0.1) is 0 Å². The maximum absolute atomic E-state index is 12.6. The highest BCUT2D eigenvalue weighted by Gasteiger charge is 2.26. The first-order valence-electron chi connectivity index (χ1n) is 7.48. The molecule has 2 N–H and O–H groups in total. The molecule has 0 saturated carbocycles. The number of amides is 1.